The van der Waals surface area contributed by atoms with Crippen molar-refractivity contribution < 1.29 is 18.3 Å². The number of nitrogens with one attached hydrogen (secondary N) is 1. The van der Waals surface area contributed by atoms with E-state index in [1.54, 1.807) is 13.8 Å². The van der Waals surface area contributed by atoms with Gasteiger partial charge in [0.25, 0.3) is 0 Å². The minimum absolute atomic E-state index is 0.171. The van der Waals surface area contributed by atoms with Crippen molar-refractivity contribution in [2.75, 3.05) is 11.9 Å². The monoisotopic (exact) mass is 235 g/mol. The standard InChI is InChI=1S/C9H12F3N3O/c1-8(2,5-16)13-7-4-3-6(14-15-7)9(10,11)12/h3-4,16H,5H2,1-2H3,(H,13,15). The van der Waals surface area contributed by atoms with Gasteiger partial charge in [0.05, 0.1) is 12.1 Å². The van der Waals surface area contributed by atoms with Crippen molar-refractivity contribution in [3.05, 3.63) is 17.8 Å². The topological polar surface area (TPSA) is 58.0 Å². The molecular formula is C9H12F3N3O. The van der Waals surface area contributed by atoms with Crippen LogP contribution >= 0.6 is 0 Å². The summed E-state index contributed by atoms with van der Waals surface area (Å²) in [6.07, 6.45) is -4.49. The van der Waals surface area contributed by atoms with E-state index in [1.165, 1.54) is 6.07 Å². The Balaban J connectivity index is 2.80. The molecule has 0 unspecified atom stereocenters. The Bertz CT molecular complexity index is 348. The molecule has 1 heterocycles. The second kappa shape index (κ2) is 4.25. The molecule has 0 fully saturated rings. The van der Waals surface area contributed by atoms with Crippen LogP contribution in [0.25, 0.3) is 0 Å². The second-order valence-corrected chi connectivity index (χ2v) is 3.97. The van der Waals surface area contributed by atoms with Gasteiger partial charge in [-0.25, -0.2) is 0 Å². The maximum atomic E-state index is 12.2. The molecule has 7 heteroatoms. The number of halogens is 3. The largest absolute Gasteiger partial charge is 0.435 e. The molecular weight excluding hydrogens is 223 g/mol. The van der Waals surface area contributed by atoms with Crippen molar-refractivity contribution in [2.45, 2.75) is 25.6 Å². The summed E-state index contributed by atoms with van der Waals surface area (Å²) in [5.41, 5.74) is -1.70. The second-order valence-electron chi connectivity index (χ2n) is 3.97. The molecule has 0 atom stereocenters. The first kappa shape index (κ1) is 12.7. The quantitative estimate of drug-likeness (QED) is 0.836. The molecule has 0 saturated carbocycles. The van der Waals surface area contributed by atoms with E-state index >= 15 is 0 Å². The van der Waals surface area contributed by atoms with Crippen LogP contribution in [0.4, 0.5) is 19.0 Å². The van der Waals surface area contributed by atoms with Gasteiger partial charge >= 0.3 is 6.18 Å². The summed E-state index contributed by atoms with van der Waals surface area (Å²) in [5, 5.41) is 18.1. The zero-order chi connectivity index (χ0) is 12.4. The van der Waals surface area contributed by atoms with Crippen molar-refractivity contribution in [1.82, 2.24) is 10.2 Å². The normalized spacial score (nSPS) is 12.6. The van der Waals surface area contributed by atoms with Gasteiger partial charge in [-0.3, -0.25) is 0 Å². The molecule has 1 aromatic rings. The van der Waals surface area contributed by atoms with Gasteiger partial charge in [-0.05, 0) is 26.0 Å². The highest BCUT2D eigenvalue weighted by molar-refractivity contribution is 5.36. The number of aliphatic hydroxyl groups excluding tert-OH is 1. The summed E-state index contributed by atoms with van der Waals surface area (Å²) in [6.45, 7) is 3.20. The molecule has 0 amide bonds. The third-order valence-electron chi connectivity index (χ3n) is 1.82. The van der Waals surface area contributed by atoms with E-state index in [2.05, 4.69) is 15.5 Å². The van der Waals surface area contributed by atoms with Gasteiger partial charge in [0.15, 0.2) is 5.69 Å². The van der Waals surface area contributed by atoms with Crippen molar-refractivity contribution in [3.8, 4) is 0 Å². The average molecular weight is 235 g/mol. The molecule has 2 N–H and O–H groups in total. The summed E-state index contributed by atoms with van der Waals surface area (Å²) in [5.74, 6) is 0.187. The first-order valence-electron chi connectivity index (χ1n) is 4.54. The number of rotatable bonds is 3. The van der Waals surface area contributed by atoms with Crippen LogP contribution in [0.3, 0.4) is 0 Å². The van der Waals surface area contributed by atoms with E-state index in [9.17, 15) is 13.2 Å². The molecule has 1 aromatic heterocycles. The van der Waals surface area contributed by atoms with E-state index in [0.717, 1.165) is 6.07 Å². The molecule has 0 aromatic carbocycles. The van der Waals surface area contributed by atoms with E-state index in [-0.39, 0.29) is 12.4 Å². The van der Waals surface area contributed by atoms with Crippen LogP contribution in [-0.4, -0.2) is 27.4 Å². The fraction of sp³-hybridized carbons (Fsp3) is 0.556. The Kier molecular flexibility index (Phi) is 3.37. The number of nitrogens with zero attached hydrogens (tertiary/aromatic N) is 2. The predicted octanol–water partition coefficient (Wildman–Crippen LogP) is 1.68. The maximum absolute atomic E-state index is 12.2. The lowest BCUT2D eigenvalue weighted by Gasteiger charge is -2.23. The van der Waals surface area contributed by atoms with Gasteiger partial charge < -0.3 is 10.4 Å². The number of aliphatic hydroxyl groups is 1. The molecule has 0 bridgehead atoms. The van der Waals surface area contributed by atoms with Crippen LogP contribution in [0.15, 0.2) is 12.1 Å². The van der Waals surface area contributed by atoms with Crippen molar-refractivity contribution in [1.29, 1.82) is 0 Å². The third kappa shape index (κ3) is 3.34. The van der Waals surface area contributed by atoms with Gasteiger partial charge in [0, 0.05) is 0 Å². The SMILES string of the molecule is CC(C)(CO)Nc1ccc(C(F)(F)F)nn1. The molecule has 90 valence electrons. The third-order valence-corrected chi connectivity index (χ3v) is 1.82. The number of hydrogen-bond acceptors (Lipinski definition) is 4. The molecule has 0 saturated heterocycles. The highest BCUT2D eigenvalue weighted by Crippen LogP contribution is 2.27. The van der Waals surface area contributed by atoms with Gasteiger partial charge in [0.1, 0.15) is 5.82 Å². The van der Waals surface area contributed by atoms with Crippen LogP contribution in [0.2, 0.25) is 0 Å². The Hall–Kier alpha value is -1.37. The smallest absolute Gasteiger partial charge is 0.394 e. The van der Waals surface area contributed by atoms with Gasteiger partial charge in [-0.15, -0.1) is 10.2 Å². The minimum atomic E-state index is -4.49. The highest BCUT2D eigenvalue weighted by atomic mass is 19.4. The summed E-state index contributed by atoms with van der Waals surface area (Å²) < 4.78 is 36.5. The summed E-state index contributed by atoms with van der Waals surface area (Å²) in [6, 6.07) is 2.01. The summed E-state index contributed by atoms with van der Waals surface area (Å²) in [4.78, 5) is 0. The zero-order valence-corrected chi connectivity index (χ0v) is 8.84. The van der Waals surface area contributed by atoms with Crippen molar-refractivity contribution in [3.63, 3.8) is 0 Å². The molecule has 0 radical (unpaired) electrons. The molecule has 0 spiro atoms. The maximum Gasteiger partial charge on any atom is 0.435 e. The Morgan fingerprint density at radius 2 is 1.88 bits per heavy atom. The lowest BCUT2D eigenvalue weighted by molar-refractivity contribution is -0.141. The van der Waals surface area contributed by atoms with Crippen LogP contribution in [0.5, 0.6) is 0 Å². The van der Waals surface area contributed by atoms with Crippen LogP contribution < -0.4 is 5.32 Å². The van der Waals surface area contributed by atoms with Crippen LogP contribution in [0.1, 0.15) is 19.5 Å². The fourth-order valence-corrected chi connectivity index (χ4v) is 0.936. The number of anilines is 1. The molecule has 1 rings (SSSR count). The fourth-order valence-electron chi connectivity index (χ4n) is 0.936. The van der Waals surface area contributed by atoms with Gasteiger partial charge in [-0.2, -0.15) is 13.2 Å². The van der Waals surface area contributed by atoms with Gasteiger partial charge in [0.2, 0.25) is 0 Å². The number of hydrogen-bond donors (Lipinski definition) is 2. The van der Waals surface area contributed by atoms with E-state index in [1.807, 2.05) is 0 Å². The van der Waals surface area contributed by atoms with Gasteiger partial charge in [-0.1, -0.05) is 0 Å². The number of aromatic nitrogens is 2. The highest BCUT2D eigenvalue weighted by Gasteiger charge is 2.33. The Labute approximate surface area is 90.5 Å². The Morgan fingerprint density at radius 3 is 2.25 bits per heavy atom. The molecule has 0 aliphatic heterocycles. The average Bonchev–Trinajstić information content (AvgIpc) is 2.16. The summed E-state index contributed by atoms with van der Waals surface area (Å²) in [7, 11) is 0. The first-order chi connectivity index (χ1) is 7.24. The predicted molar refractivity (Wildman–Crippen MR) is 51.8 cm³/mol. The molecule has 4 nitrogen and oxygen atoms in total. The van der Waals surface area contributed by atoms with Crippen molar-refractivity contribution >= 4 is 5.82 Å². The minimum Gasteiger partial charge on any atom is -0.394 e. The zero-order valence-electron chi connectivity index (χ0n) is 8.84. The van der Waals surface area contributed by atoms with E-state index < -0.39 is 17.4 Å². The number of alkyl halides is 3. The lowest BCUT2D eigenvalue weighted by Crippen LogP contribution is -2.35. The molecule has 0 aliphatic carbocycles. The van der Waals surface area contributed by atoms with Crippen LogP contribution in [0, 0.1) is 0 Å². The lowest BCUT2D eigenvalue weighted by atomic mass is 10.1. The van der Waals surface area contributed by atoms with E-state index in [4.69, 9.17) is 5.11 Å². The van der Waals surface area contributed by atoms with Crippen LogP contribution in [-0.2, 0) is 6.18 Å². The summed E-state index contributed by atoms with van der Waals surface area (Å²) >= 11 is 0. The first-order valence-corrected chi connectivity index (χ1v) is 4.54. The van der Waals surface area contributed by atoms with E-state index in [0.29, 0.717) is 0 Å². The Morgan fingerprint density at radius 1 is 1.25 bits per heavy atom. The molecule has 0 aliphatic rings. The van der Waals surface area contributed by atoms with Crippen molar-refractivity contribution in [2.24, 2.45) is 0 Å². The molecule has 16 heavy (non-hydrogen) atoms.